The predicted molar refractivity (Wildman–Crippen MR) is 52.2 cm³/mol. The van der Waals surface area contributed by atoms with E-state index in [-0.39, 0.29) is 11.5 Å². The number of aromatic hydroxyl groups is 1. The van der Waals surface area contributed by atoms with Gasteiger partial charge < -0.3 is 9.84 Å². The lowest BCUT2D eigenvalue weighted by molar-refractivity contribution is -0.0497. The molecule has 2 aromatic rings. The van der Waals surface area contributed by atoms with E-state index in [1.807, 2.05) is 0 Å². The van der Waals surface area contributed by atoms with Crippen LogP contribution in [0, 0.1) is 0 Å². The Kier molecular flexibility index (Phi) is 2.41. The summed E-state index contributed by atoms with van der Waals surface area (Å²) in [4.78, 5) is 0. The summed E-state index contributed by atoms with van der Waals surface area (Å²) in [6.45, 7) is -2.82. The van der Waals surface area contributed by atoms with Crippen LogP contribution < -0.4 is 4.74 Å². The summed E-state index contributed by atoms with van der Waals surface area (Å²) in [5.41, 5.74) is 0. The topological polar surface area (TPSA) is 29.5 Å². The minimum absolute atomic E-state index is 0.114. The average Bonchev–Trinajstić information content (AvgIpc) is 2.17. The molecule has 0 spiro atoms. The van der Waals surface area contributed by atoms with Crippen LogP contribution in [-0.2, 0) is 0 Å². The maximum absolute atomic E-state index is 11.9. The first kappa shape index (κ1) is 9.71. The lowest BCUT2D eigenvalue weighted by atomic mass is 10.1. The fraction of sp³-hybridized carbons (Fsp3) is 0.0909. The molecule has 0 aliphatic heterocycles. The van der Waals surface area contributed by atoms with E-state index >= 15 is 0 Å². The fourth-order valence-electron chi connectivity index (χ4n) is 1.39. The van der Waals surface area contributed by atoms with Crippen molar-refractivity contribution < 1.29 is 18.6 Å². The quantitative estimate of drug-likeness (QED) is 0.825. The van der Waals surface area contributed by atoms with Gasteiger partial charge >= 0.3 is 6.61 Å². The molecule has 0 bridgehead atoms. The van der Waals surface area contributed by atoms with Crippen molar-refractivity contribution >= 4 is 10.8 Å². The monoisotopic (exact) mass is 210 g/mol. The zero-order valence-corrected chi connectivity index (χ0v) is 7.65. The zero-order valence-electron chi connectivity index (χ0n) is 7.65. The standard InChI is InChI=1S/C11H8F2O2/c12-11(13)15-10-4-2-7-5-9(14)3-1-8(7)6-10/h1-6,11,14H. The van der Waals surface area contributed by atoms with Gasteiger partial charge in [-0.05, 0) is 35.0 Å². The van der Waals surface area contributed by atoms with Crippen LogP contribution in [0.2, 0.25) is 0 Å². The van der Waals surface area contributed by atoms with Gasteiger partial charge in [-0.2, -0.15) is 8.78 Å². The predicted octanol–water partition coefficient (Wildman–Crippen LogP) is 3.15. The lowest BCUT2D eigenvalue weighted by Crippen LogP contribution is -2.01. The maximum atomic E-state index is 11.9. The van der Waals surface area contributed by atoms with Crippen LogP contribution in [0.25, 0.3) is 10.8 Å². The van der Waals surface area contributed by atoms with E-state index in [4.69, 9.17) is 0 Å². The minimum Gasteiger partial charge on any atom is -0.508 e. The minimum atomic E-state index is -2.82. The molecule has 0 atom stereocenters. The number of hydrogen-bond donors (Lipinski definition) is 1. The Balaban J connectivity index is 2.43. The molecule has 0 saturated heterocycles. The Bertz CT molecular complexity index is 483. The molecule has 0 aliphatic carbocycles. The number of alkyl halides is 2. The molecule has 0 fully saturated rings. The van der Waals surface area contributed by atoms with Crippen molar-refractivity contribution in [3.63, 3.8) is 0 Å². The van der Waals surface area contributed by atoms with Gasteiger partial charge in [0.15, 0.2) is 0 Å². The van der Waals surface area contributed by atoms with E-state index in [2.05, 4.69) is 4.74 Å². The Hall–Kier alpha value is -1.84. The van der Waals surface area contributed by atoms with Crippen LogP contribution in [0.15, 0.2) is 36.4 Å². The number of phenolic OH excluding ortho intramolecular Hbond substituents is 1. The number of benzene rings is 2. The van der Waals surface area contributed by atoms with E-state index in [1.165, 1.54) is 18.2 Å². The summed E-state index contributed by atoms with van der Waals surface area (Å²) in [6, 6.07) is 9.25. The highest BCUT2D eigenvalue weighted by Gasteiger charge is 2.04. The van der Waals surface area contributed by atoms with Gasteiger partial charge in [0.2, 0.25) is 0 Å². The molecule has 0 amide bonds. The van der Waals surface area contributed by atoms with Crippen LogP contribution >= 0.6 is 0 Å². The number of ether oxygens (including phenoxy) is 1. The van der Waals surface area contributed by atoms with E-state index in [9.17, 15) is 13.9 Å². The smallest absolute Gasteiger partial charge is 0.387 e. The first-order valence-corrected chi connectivity index (χ1v) is 4.33. The number of fused-ring (bicyclic) bond motifs is 1. The summed E-state index contributed by atoms with van der Waals surface area (Å²) >= 11 is 0. The first-order chi connectivity index (χ1) is 7.15. The number of hydrogen-bond acceptors (Lipinski definition) is 2. The van der Waals surface area contributed by atoms with Crippen LogP contribution in [-0.4, -0.2) is 11.7 Å². The molecule has 15 heavy (non-hydrogen) atoms. The van der Waals surface area contributed by atoms with Crippen molar-refractivity contribution in [1.82, 2.24) is 0 Å². The molecule has 0 saturated carbocycles. The highest BCUT2D eigenvalue weighted by atomic mass is 19.3. The molecule has 4 heteroatoms. The molecule has 2 nitrogen and oxygen atoms in total. The SMILES string of the molecule is Oc1ccc2cc(OC(F)F)ccc2c1. The molecular formula is C11H8F2O2. The third kappa shape index (κ3) is 2.15. The summed E-state index contributed by atoms with van der Waals surface area (Å²) in [7, 11) is 0. The van der Waals surface area contributed by atoms with Gasteiger partial charge in [0.25, 0.3) is 0 Å². The summed E-state index contributed by atoms with van der Waals surface area (Å²) in [5.74, 6) is 0.258. The molecule has 0 aromatic heterocycles. The van der Waals surface area contributed by atoms with Crippen molar-refractivity contribution in [1.29, 1.82) is 0 Å². The number of rotatable bonds is 2. The molecule has 2 rings (SSSR count). The second-order valence-electron chi connectivity index (χ2n) is 3.07. The van der Waals surface area contributed by atoms with Crippen LogP contribution in [0.3, 0.4) is 0 Å². The molecule has 0 unspecified atom stereocenters. The van der Waals surface area contributed by atoms with Gasteiger partial charge in [0, 0.05) is 0 Å². The van der Waals surface area contributed by atoms with Crippen molar-refractivity contribution in [3.8, 4) is 11.5 Å². The zero-order chi connectivity index (χ0) is 10.8. The van der Waals surface area contributed by atoms with Gasteiger partial charge in [-0.25, -0.2) is 0 Å². The third-order valence-corrected chi connectivity index (χ3v) is 2.02. The molecular weight excluding hydrogens is 202 g/mol. The molecule has 0 aliphatic rings. The lowest BCUT2D eigenvalue weighted by Gasteiger charge is -2.05. The van der Waals surface area contributed by atoms with Crippen LogP contribution in [0.4, 0.5) is 8.78 Å². The van der Waals surface area contributed by atoms with Gasteiger partial charge in [0.05, 0.1) is 0 Å². The number of halogens is 2. The summed E-state index contributed by atoms with van der Waals surface area (Å²) in [6.07, 6.45) is 0. The third-order valence-electron chi connectivity index (χ3n) is 2.02. The second kappa shape index (κ2) is 3.73. The highest BCUT2D eigenvalue weighted by Crippen LogP contribution is 2.24. The normalized spacial score (nSPS) is 10.9. The van der Waals surface area contributed by atoms with Crippen molar-refractivity contribution in [3.05, 3.63) is 36.4 Å². The van der Waals surface area contributed by atoms with Gasteiger partial charge in [-0.3, -0.25) is 0 Å². The van der Waals surface area contributed by atoms with Crippen molar-refractivity contribution in [2.75, 3.05) is 0 Å². The van der Waals surface area contributed by atoms with Gasteiger partial charge in [0.1, 0.15) is 11.5 Å². The largest absolute Gasteiger partial charge is 0.508 e. The maximum Gasteiger partial charge on any atom is 0.387 e. The van der Waals surface area contributed by atoms with Crippen LogP contribution in [0.1, 0.15) is 0 Å². The van der Waals surface area contributed by atoms with Crippen LogP contribution in [0.5, 0.6) is 11.5 Å². The second-order valence-corrected chi connectivity index (χ2v) is 3.07. The Morgan fingerprint density at radius 1 is 1.00 bits per heavy atom. The number of phenols is 1. The van der Waals surface area contributed by atoms with Gasteiger partial charge in [-0.1, -0.05) is 12.1 Å². The van der Waals surface area contributed by atoms with E-state index < -0.39 is 6.61 Å². The van der Waals surface area contributed by atoms with E-state index in [1.54, 1.807) is 18.2 Å². The van der Waals surface area contributed by atoms with Crippen molar-refractivity contribution in [2.24, 2.45) is 0 Å². The van der Waals surface area contributed by atoms with Crippen molar-refractivity contribution in [2.45, 2.75) is 6.61 Å². The molecule has 2 aromatic carbocycles. The van der Waals surface area contributed by atoms with Gasteiger partial charge in [-0.15, -0.1) is 0 Å². The highest BCUT2D eigenvalue weighted by molar-refractivity contribution is 5.85. The Morgan fingerprint density at radius 2 is 1.67 bits per heavy atom. The Labute approximate surface area is 84.7 Å². The summed E-state index contributed by atoms with van der Waals surface area (Å²) in [5, 5.41) is 10.7. The molecule has 1 N–H and O–H groups in total. The Morgan fingerprint density at radius 3 is 2.40 bits per heavy atom. The summed E-state index contributed by atoms with van der Waals surface area (Å²) < 4.78 is 28.1. The fourth-order valence-corrected chi connectivity index (χ4v) is 1.39. The van der Waals surface area contributed by atoms with E-state index in [0.29, 0.717) is 0 Å². The first-order valence-electron chi connectivity index (χ1n) is 4.33. The average molecular weight is 210 g/mol. The van der Waals surface area contributed by atoms with E-state index in [0.717, 1.165) is 10.8 Å². The molecule has 78 valence electrons. The molecule has 0 radical (unpaired) electrons. The molecule has 0 heterocycles.